The van der Waals surface area contributed by atoms with Gasteiger partial charge in [0.2, 0.25) is 5.91 Å². The molecule has 134 valence electrons. The molecule has 3 rings (SSSR count). The number of nitrogens with zero attached hydrogens (tertiary/aromatic N) is 1. The summed E-state index contributed by atoms with van der Waals surface area (Å²) in [5.74, 6) is -1.07. The van der Waals surface area contributed by atoms with Gasteiger partial charge in [-0.1, -0.05) is 39.0 Å². The van der Waals surface area contributed by atoms with E-state index in [0.717, 1.165) is 5.56 Å². The topological polar surface area (TPSA) is 51.1 Å². The van der Waals surface area contributed by atoms with Crippen LogP contribution in [0.1, 0.15) is 48.4 Å². The molecule has 0 aliphatic rings. The molecule has 1 N–H and O–H groups in total. The van der Waals surface area contributed by atoms with Crippen LogP contribution in [-0.2, 0) is 5.41 Å². The van der Waals surface area contributed by atoms with Gasteiger partial charge in [0, 0.05) is 24.2 Å². The highest BCUT2D eigenvalue weighted by Gasteiger charge is 2.21. The molecule has 0 radical (unpaired) electrons. The molecule has 0 aliphatic heterocycles. The lowest BCUT2D eigenvalue weighted by Crippen LogP contribution is -2.18. The maximum atomic E-state index is 13.7. The average Bonchev–Trinajstić information content (AvgIpc) is 2.93. The predicted molar refractivity (Wildman–Crippen MR) is 101 cm³/mol. The van der Waals surface area contributed by atoms with Gasteiger partial charge in [-0.2, -0.15) is 0 Å². The Morgan fingerprint density at radius 1 is 1.08 bits per heavy atom. The number of rotatable bonds is 2. The number of hydrogen-bond acceptors (Lipinski definition) is 2. The first-order chi connectivity index (χ1) is 12.2. The van der Waals surface area contributed by atoms with E-state index in [1.807, 2.05) is 24.3 Å². The van der Waals surface area contributed by atoms with E-state index in [0.29, 0.717) is 16.6 Å². The van der Waals surface area contributed by atoms with Crippen LogP contribution in [-0.4, -0.2) is 16.4 Å². The SMILES string of the molecule is CC(=O)n1cc(C(=O)Nc2ccccc2C(C)(C)C)c2cc(F)ccc21. The summed E-state index contributed by atoms with van der Waals surface area (Å²) in [6.07, 6.45) is 1.46. The summed E-state index contributed by atoms with van der Waals surface area (Å²) in [4.78, 5) is 24.8. The molecule has 0 saturated heterocycles. The van der Waals surface area contributed by atoms with Crippen LogP contribution >= 0.6 is 0 Å². The largest absolute Gasteiger partial charge is 0.322 e. The minimum absolute atomic E-state index is 0.149. The van der Waals surface area contributed by atoms with Crippen LogP contribution in [0.5, 0.6) is 0 Å². The Morgan fingerprint density at radius 2 is 1.77 bits per heavy atom. The summed E-state index contributed by atoms with van der Waals surface area (Å²) in [7, 11) is 0. The van der Waals surface area contributed by atoms with Gasteiger partial charge in [0.1, 0.15) is 5.82 Å². The van der Waals surface area contributed by atoms with Gasteiger partial charge in [-0.25, -0.2) is 4.39 Å². The van der Waals surface area contributed by atoms with Crippen LogP contribution in [0.3, 0.4) is 0 Å². The molecule has 0 bridgehead atoms. The third-order valence-corrected chi connectivity index (χ3v) is 4.33. The second-order valence-electron chi connectivity index (χ2n) is 7.34. The van der Waals surface area contributed by atoms with Crippen LogP contribution in [0, 0.1) is 5.82 Å². The molecule has 3 aromatic rings. The number of carbonyl (C=O) groups excluding carboxylic acids is 2. The molecular formula is C21H21FN2O2. The van der Waals surface area contributed by atoms with Crippen molar-refractivity contribution in [2.45, 2.75) is 33.1 Å². The number of nitrogens with one attached hydrogen (secondary N) is 1. The summed E-state index contributed by atoms with van der Waals surface area (Å²) in [6.45, 7) is 7.60. The summed E-state index contributed by atoms with van der Waals surface area (Å²) >= 11 is 0. The first kappa shape index (κ1) is 17.9. The molecule has 0 unspecified atom stereocenters. The number of halogens is 1. The number of hydrogen-bond donors (Lipinski definition) is 1. The number of anilines is 1. The predicted octanol–water partition coefficient (Wildman–Crippen LogP) is 4.99. The van der Waals surface area contributed by atoms with E-state index in [2.05, 4.69) is 26.1 Å². The molecule has 0 aliphatic carbocycles. The van der Waals surface area contributed by atoms with Crippen molar-refractivity contribution in [2.24, 2.45) is 0 Å². The zero-order valence-corrected chi connectivity index (χ0v) is 15.3. The number of amides is 1. The third kappa shape index (κ3) is 3.25. The first-order valence-corrected chi connectivity index (χ1v) is 8.41. The molecule has 0 fully saturated rings. The number of carbonyl (C=O) groups is 2. The van der Waals surface area contributed by atoms with Crippen LogP contribution in [0.2, 0.25) is 0 Å². The molecule has 1 amide bonds. The number of benzene rings is 2. The number of aromatic nitrogens is 1. The van der Waals surface area contributed by atoms with Gasteiger partial charge in [-0.15, -0.1) is 0 Å². The summed E-state index contributed by atoms with van der Waals surface area (Å²) in [5.41, 5.74) is 2.31. The Balaban J connectivity index is 2.07. The minimum Gasteiger partial charge on any atom is -0.322 e. The van der Waals surface area contributed by atoms with E-state index in [9.17, 15) is 14.0 Å². The van der Waals surface area contributed by atoms with Gasteiger partial charge >= 0.3 is 0 Å². The highest BCUT2D eigenvalue weighted by Crippen LogP contribution is 2.30. The van der Waals surface area contributed by atoms with Gasteiger partial charge in [0.25, 0.3) is 5.91 Å². The lowest BCUT2D eigenvalue weighted by molar-refractivity contribution is 0.0941. The quantitative estimate of drug-likeness (QED) is 0.706. The summed E-state index contributed by atoms with van der Waals surface area (Å²) < 4.78 is 15.1. The zero-order valence-electron chi connectivity index (χ0n) is 15.3. The van der Waals surface area contributed by atoms with E-state index in [1.54, 1.807) is 0 Å². The average molecular weight is 352 g/mol. The van der Waals surface area contributed by atoms with Crippen molar-refractivity contribution in [3.63, 3.8) is 0 Å². The van der Waals surface area contributed by atoms with Crippen molar-refractivity contribution in [1.82, 2.24) is 4.57 Å². The van der Waals surface area contributed by atoms with Gasteiger partial charge in [-0.3, -0.25) is 14.2 Å². The molecule has 5 heteroatoms. The monoisotopic (exact) mass is 352 g/mol. The molecular weight excluding hydrogens is 331 g/mol. The molecule has 26 heavy (non-hydrogen) atoms. The van der Waals surface area contributed by atoms with E-state index in [-0.39, 0.29) is 22.8 Å². The Kier molecular flexibility index (Phi) is 4.40. The van der Waals surface area contributed by atoms with Gasteiger partial charge < -0.3 is 5.32 Å². The Hall–Kier alpha value is -2.95. The minimum atomic E-state index is -0.456. The first-order valence-electron chi connectivity index (χ1n) is 8.41. The van der Waals surface area contributed by atoms with Crippen molar-refractivity contribution >= 4 is 28.4 Å². The van der Waals surface area contributed by atoms with Gasteiger partial charge in [0.15, 0.2) is 0 Å². The van der Waals surface area contributed by atoms with Gasteiger partial charge in [-0.05, 0) is 35.2 Å². The van der Waals surface area contributed by atoms with Crippen LogP contribution in [0.15, 0.2) is 48.7 Å². The zero-order chi connectivity index (χ0) is 19.1. The van der Waals surface area contributed by atoms with E-state index < -0.39 is 5.82 Å². The molecule has 0 spiro atoms. The lowest BCUT2D eigenvalue weighted by Gasteiger charge is -2.22. The molecule has 4 nitrogen and oxygen atoms in total. The Bertz CT molecular complexity index is 1010. The lowest BCUT2D eigenvalue weighted by atomic mass is 9.86. The van der Waals surface area contributed by atoms with Gasteiger partial charge in [0.05, 0.1) is 11.1 Å². The Labute approximate surface area is 151 Å². The summed E-state index contributed by atoms with van der Waals surface area (Å²) in [6, 6.07) is 11.6. The number of fused-ring (bicyclic) bond motifs is 1. The molecule has 0 saturated carbocycles. The van der Waals surface area contributed by atoms with Crippen molar-refractivity contribution < 1.29 is 14.0 Å². The van der Waals surface area contributed by atoms with Crippen LogP contribution in [0.25, 0.3) is 10.9 Å². The van der Waals surface area contributed by atoms with E-state index >= 15 is 0 Å². The standard InChI is InChI=1S/C21H21FN2O2/c1-13(25)24-12-16(15-11-14(22)9-10-19(15)24)20(26)23-18-8-6-5-7-17(18)21(2,3)4/h5-12H,1-4H3,(H,23,26). The fourth-order valence-corrected chi connectivity index (χ4v) is 3.08. The fourth-order valence-electron chi connectivity index (χ4n) is 3.08. The van der Waals surface area contributed by atoms with Crippen molar-refractivity contribution in [3.8, 4) is 0 Å². The van der Waals surface area contributed by atoms with Crippen molar-refractivity contribution in [3.05, 3.63) is 65.6 Å². The fraction of sp³-hybridized carbons (Fsp3) is 0.238. The second-order valence-corrected chi connectivity index (χ2v) is 7.34. The molecule has 1 heterocycles. The normalized spacial score (nSPS) is 11.6. The summed E-state index contributed by atoms with van der Waals surface area (Å²) in [5, 5.41) is 3.32. The van der Waals surface area contributed by atoms with Crippen molar-refractivity contribution in [1.29, 1.82) is 0 Å². The van der Waals surface area contributed by atoms with E-state index in [4.69, 9.17) is 0 Å². The van der Waals surface area contributed by atoms with Crippen molar-refractivity contribution in [2.75, 3.05) is 5.32 Å². The highest BCUT2D eigenvalue weighted by atomic mass is 19.1. The molecule has 0 atom stereocenters. The maximum Gasteiger partial charge on any atom is 0.257 e. The third-order valence-electron chi connectivity index (χ3n) is 4.33. The number of para-hydroxylation sites is 1. The smallest absolute Gasteiger partial charge is 0.257 e. The molecule has 1 aromatic heterocycles. The Morgan fingerprint density at radius 3 is 2.42 bits per heavy atom. The second kappa shape index (κ2) is 6.41. The molecule has 2 aromatic carbocycles. The van der Waals surface area contributed by atoms with Crippen LogP contribution < -0.4 is 5.32 Å². The maximum absolute atomic E-state index is 13.7. The van der Waals surface area contributed by atoms with E-state index in [1.165, 1.54) is 35.9 Å². The highest BCUT2D eigenvalue weighted by molar-refractivity contribution is 6.14. The van der Waals surface area contributed by atoms with Crippen LogP contribution in [0.4, 0.5) is 10.1 Å².